The number of pyridine rings is 1. The Morgan fingerprint density at radius 2 is 1.94 bits per heavy atom. The van der Waals surface area contributed by atoms with Crippen molar-refractivity contribution < 1.29 is 22.7 Å². The van der Waals surface area contributed by atoms with E-state index in [0.717, 1.165) is 0 Å². The summed E-state index contributed by atoms with van der Waals surface area (Å²) in [6, 6.07) is 0.906. The average Bonchev–Trinajstić information content (AvgIpc) is 2.99. The van der Waals surface area contributed by atoms with Gasteiger partial charge >= 0.3 is 5.97 Å². The summed E-state index contributed by atoms with van der Waals surface area (Å²) in [7, 11) is -1.51. The largest absolute Gasteiger partial charge is 0.460 e. The molecule has 0 aliphatic carbocycles. The van der Waals surface area contributed by atoms with Crippen LogP contribution >= 0.6 is 0 Å². The summed E-state index contributed by atoms with van der Waals surface area (Å²) >= 11 is 0. The topological polar surface area (TPSA) is 94.3 Å². The van der Waals surface area contributed by atoms with Gasteiger partial charge in [0.05, 0.1) is 33.9 Å². The third kappa shape index (κ3) is 6.43. The molecular formula is C22H32FN3O4S. The molecule has 1 N–H and O–H groups in total. The Morgan fingerprint density at radius 1 is 1.29 bits per heavy atom. The van der Waals surface area contributed by atoms with Crippen molar-refractivity contribution in [2.24, 2.45) is 0 Å². The zero-order valence-electron chi connectivity index (χ0n) is 19.5. The molecule has 0 aliphatic rings. The van der Waals surface area contributed by atoms with Crippen molar-refractivity contribution in [3.05, 3.63) is 35.2 Å². The number of rotatable bonds is 7. The average molecular weight is 454 g/mol. The molecule has 0 spiro atoms. The van der Waals surface area contributed by atoms with Gasteiger partial charge in [0.25, 0.3) is 0 Å². The van der Waals surface area contributed by atoms with Gasteiger partial charge in [0.15, 0.2) is 5.76 Å². The first-order valence-corrected chi connectivity index (χ1v) is 11.4. The molecule has 0 bridgehead atoms. The van der Waals surface area contributed by atoms with Crippen molar-refractivity contribution in [2.45, 2.75) is 84.6 Å². The summed E-state index contributed by atoms with van der Waals surface area (Å²) in [5.41, 5.74) is 1.43. The predicted molar refractivity (Wildman–Crippen MR) is 118 cm³/mol. The molecule has 0 amide bonds. The van der Waals surface area contributed by atoms with Gasteiger partial charge in [0, 0.05) is 17.3 Å². The molecule has 0 aromatic carbocycles. The third-order valence-electron chi connectivity index (χ3n) is 4.43. The zero-order valence-corrected chi connectivity index (χ0v) is 20.3. The lowest BCUT2D eigenvalue weighted by Crippen LogP contribution is -2.37. The summed E-state index contributed by atoms with van der Waals surface area (Å²) in [4.78, 5) is 16.4. The molecule has 2 aromatic heterocycles. The van der Waals surface area contributed by atoms with Gasteiger partial charge < -0.3 is 9.26 Å². The summed E-state index contributed by atoms with van der Waals surface area (Å²) < 4.78 is 40.7. The van der Waals surface area contributed by atoms with Gasteiger partial charge in [-0.05, 0) is 66.5 Å². The molecule has 0 aliphatic heterocycles. The van der Waals surface area contributed by atoms with Gasteiger partial charge in [-0.25, -0.2) is 13.9 Å². The summed E-state index contributed by atoms with van der Waals surface area (Å²) in [6.45, 7) is 14.4. The van der Waals surface area contributed by atoms with Gasteiger partial charge in [-0.2, -0.15) is 4.39 Å². The number of nitrogens with zero attached hydrogens (tertiary/aromatic N) is 2. The SMILES string of the molecule is CCc1c(-c2c(C)noc2[C@H](CC(=O)OC(C)(C)C)N[S@](=O)C(C)(C)C)ccnc1F. The number of carbonyl (C=O) groups is 1. The van der Waals surface area contributed by atoms with Crippen molar-refractivity contribution >= 4 is 17.0 Å². The molecular weight excluding hydrogens is 421 g/mol. The molecule has 2 atom stereocenters. The highest BCUT2D eigenvalue weighted by Crippen LogP contribution is 2.36. The van der Waals surface area contributed by atoms with E-state index in [-0.39, 0.29) is 6.42 Å². The normalized spacial score (nSPS) is 14.4. The fourth-order valence-electron chi connectivity index (χ4n) is 3.03. The molecule has 31 heavy (non-hydrogen) atoms. The number of esters is 1. The van der Waals surface area contributed by atoms with Crippen LogP contribution < -0.4 is 4.72 Å². The van der Waals surface area contributed by atoms with Crippen molar-refractivity contribution in [3.63, 3.8) is 0 Å². The number of ether oxygens (including phenoxy) is 1. The number of halogens is 1. The minimum atomic E-state index is -1.51. The van der Waals surface area contributed by atoms with E-state index in [2.05, 4.69) is 14.9 Å². The van der Waals surface area contributed by atoms with E-state index >= 15 is 0 Å². The molecule has 0 radical (unpaired) electrons. The number of hydrogen-bond acceptors (Lipinski definition) is 6. The fraction of sp³-hybridized carbons (Fsp3) is 0.591. The monoisotopic (exact) mass is 453 g/mol. The second-order valence-electron chi connectivity index (χ2n) is 9.33. The van der Waals surface area contributed by atoms with E-state index in [4.69, 9.17) is 9.26 Å². The van der Waals surface area contributed by atoms with Crippen molar-refractivity contribution in [1.82, 2.24) is 14.9 Å². The van der Waals surface area contributed by atoms with Gasteiger partial charge in [-0.1, -0.05) is 12.1 Å². The molecule has 2 heterocycles. The first-order chi connectivity index (χ1) is 14.2. The van der Waals surface area contributed by atoms with Crippen LogP contribution in [0, 0.1) is 12.9 Å². The van der Waals surface area contributed by atoms with E-state index in [0.29, 0.717) is 34.6 Å². The standard InChI is InChI=1S/C22H32FN3O4S/c1-9-14-15(10-11-24-20(14)23)18-13(2)25-30-19(18)16(26-31(28)22(6,7)8)12-17(27)29-21(3,4)5/h10-11,16,26H,9,12H2,1-8H3/t16-,31+/m0/s1. The lowest BCUT2D eigenvalue weighted by molar-refractivity contribution is -0.155. The number of nitrogens with one attached hydrogen (secondary N) is 1. The molecule has 0 unspecified atom stereocenters. The van der Waals surface area contributed by atoms with E-state index in [1.807, 2.05) is 27.7 Å². The van der Waals surface area contributed by atoms with E-state index in [1.54, 1.807) is 33.8 Å². The van der Waals surface area contributed by atoms with E-state index in [1.165, 1.54) is 6.20 Å². The molecule has 0 saturated heterocycles. The Labute approximate surface area is 185 Å². The van der Waals surface area contributed by atoms with Crippen molar-refractivity contribution in [3.8, 4) is 11.1 Å². The Morgan fingerprint density at radius 3 is 2.48 bits per heavy atom. The Kier molecular flexibility index (Phi) is 7.75. The highest BCUT2D eigenvalue weighted by molar-refractivity contribution is 7.84. The minimum Gasteiger partial charge on any atom is -0.460 e. The van der Waals surface area contributed by atoms with Gasteiger partial charge in [-0.3, -0.25) is 4.79 Å². The van der Waals surface area contributed by atoms with Crippen LogP contribution in [0.25, 0.3) is 11.1 Å². The maximum absolute atomic E-state index is 14.4. The Bertz CT molecular complexity index is 961. The Balaban J connectivity index is 2.56. The van der Waals surface area contributed by atoms with Crippen LogP contribution in [0.1, 0.15) is 77.9 Å². The molecule has 9 heteroatoms. The highest BCUT2D eigenvalue weighted by Gasteiger charge is 2.33. The molecule has 2 rings (SSSR count). The lowest BCUT2D eigenvalue weighted by atomic mass is 9.95. The quantitative estimate of drug-likeness (QED) is 0.487. The zero-order chi connectivity index (χ0) is 23.6. The number of aryl methyl sites for hydroxylation is 1. The fourth-order valence-corrected chi connectivity index (χ4v) is 3.84. The molecule has 7 nitrogen and oxygen atoms in total. The lowest BCUT2D eigenvalue weighted by Gasteiger charge is -2.25. The van der Waals surface area contributed by atoms with Crippen LogP contribution in [-0.2, 0) is 26.9 Å². The second kappa shape index (κ2) is 9.56. The van der Waals surface area contributed by atoms with Crippen LogP contribution in [0.2, 0.25) is 0 Å². The summed E-state index contributed by atoms with van der Waals surface area (Å²) in [5.74, 6) is -0.740. The first-order valence-electron chi connectivity index (χ1n) is 10.2. The smallest absolute Gasteiger partial charge is 0.308 e. The summed E-state index contributed by atoms with van der Waals surface area (Å²) in [6.07, 6.45) is 1.66. The van der Waals surface area contributed by atoms with Gasteiger partial charge in [0.1, 0.15) is 5.60 Å². The highest BCUT2D eigenvalue weighted by atomic mass is 32.2. The summed E-state index contributed by atoms with van der Waals surface area (Å²) in [5, 5.41) is 4.06. The second-order valence-corrected chi connectivity index (χ2v) is 11.3. The van der Waals surface area contributed by atoms with Crippen LogP contribution in [0.3, 0.4) is 0 Å². The predicted octanol–water partition coefficient (Wildman–Crippen LogP) is 4.57. The van der Waals surface area contributed by atoms with Crippen LogP contribution in [0.4, 0.5) is 4.39 Å². The van der Waals surface area contributed by atoms with Crippen molar-refractivity contribution in [1.29, 1.82) is 0 Å². The van der Waals surface area contributed by atoms with Gasteiger partial charge in [0.2, 0.25) is 5.95 Å². The molecule has 0 saturated carbocycles. The van der Waals surface area contributed by atoms with Crippen LogP contribution in [-0.4, -0.2) is 30.7 Å². The van der Waals surface area contributed by atoms with Gasteiger partial charge in [-0.15, -0.1) is 0 Å². The Hall–Kier alpha value is -2.13. The maximum atomic E-state index is 14.4. The first kappa shape index (κ1) is 25.1. The van der Waals surface area contributed by atoms with Crippen molar-refractivity contribution in [2.75, 3.05) is 0 Å². The van der Waals surface area contributed by atoms with Crippen LogP contribution in [0.5, 0.6) is 0 Å². The number of carbonyl (C=O) groups excluding carboxylic acids is 1. The third-order valence-corrected chi connectivity index (χ3v) is 6.04. The maximum Gasteiger partial charge on any atom is 0.308 e. The molecule has 0 fully saturated rings. The van der Waals surface area contributed by atoms with E-state index < -0.39 is 39.3 Å². The van der Waals surface area contributed by atoms with Crippen LogP contribution in [0.15, 0.2) is 16.8 Å². The molecule has 2 aromatic rings. The number of aromatic nitrogens is 2. The molecule has 172 valence electrons. The number of hydrogen-bond donors (Lipinski definition) is 1. The van der Waals surface area contributed by atoms with E-state index in [9.17, 15) is 13.4 Å². The minimum absolute atomic E-state index is 0.129.